The quantitative estimate of drug-likeness (QED) is 0.745. The number of amides is 1. The number of rotatable bonds is 6. The van der Waals surface area contributed by atoms with Crippen LogP contribution in [0.15, 0.2) is 6.07 Å². The van der Waals surface area contributed by atoms with E-state index in [0.717, 1.165) is 13.0 Å². The second kappa shape index (κ2) is 7.71. The number of aromatic nitrogens is 1. The molecule has 0 atom stereocenters. The lowest BCUT2D eigenvalue weighted by Gasteiger charge is -2.21. The second-order valence-electron chi connectivity index (χ2n) is 5.73. The molecular formula is C14H22Cl2N4O. The Morgan fingerprint density at radius 1 is 1.19 bits per heavy atom. The van der Waals surface area contributed by atoms with Crippen LogP contribution in [0.4, 0.5) is 11.6 Å². The van der Waals surface area contributed by atoms with E-state index in [1.54, 1.807) is 6.07 Å². The molecule has 21 heavy (non-hydrogen) atoms. The molecule has 0 aliphatic heterocycles. The van der Waals surface area contributed by atoms with Gasteiger partial charge < -0.3 is 16.0 Å². The molecule has 1 heterocycles. The monoisotopic (exact) mass is 332 g/mol. The summed E-state index contributed by atoms with van der Waals surface area (Å²) in [5, 5.41) is 9.73. The Balaban J connectivity index is 2.72. The van der Waals surface area contributed by atoms with Crippen LogP contribution >= 0.6 is 23.2 Å². The molecule has 0 aliphatic carbocycles. The van der Waals surface area contributed by atoms with Crippen LogP contribution in [0.25, 0.3) is 0 Å². The number of halogens is 2. The van der Waals surface area contributed by atoms with E-state index in [1.165, 1.54) is 0 Å². The number of pyridine rings is 1. The largest absolute Gasteiger partial charge is 0.369 e. The maximum atomic E-state index is 11.8. The van der Waals surface area contributed by atoms with Gasteiger partial charge in [0.1, 0.15) is 11.6 Å². The maximum Gasteiger partial charge on any atom is 0.239 e. The van der Waals surface area contributed by atoms with E-state index < -0.39 is 0 Å². The third-order valence-corrected chi connectivity index (χ3v) is 2.98. The molecule has 1 rings (SSSR count). The van der Waals surface area contributed by atoms with Crippen molar-refractivity contribution in [3.8, 4) is 0 Å². The number of nitrogens with zero attached hydrogens (tertiary/aromatic N) is 1. The van der Waals surface area contributed by atoms with Crippen molar-refractivity contribution >= 4 is 40.7 Å². The Labute approximate surface area is 135 Å². The molecular weight excluding hydrogens is 311 g/mol. The van der Waals surface area contributed by atoms with Crippen LogP contribution in [0.2, 0.25) is 10.0 Å². The van der Waals surface area contributed by atoms with E-state index in [4.69, 9.17) is 23.2 Å². The van der Waals surface area contributed by atoms with Crippen LogP contribution in [0, 0.1) is 0 Å². The van der Waals surface area contributed by atoms with Crippen molar-refractivity contribution in [2.75, 3.05) is 23.7 Å². The van der Waals surface area contributed by atoms with Gasteiger partial charge in [-0.15, -0.1) is 0 Å². The fourth-order valence-electron chi connectivity index (χ4n) is 1.58. The Morgan fingerprint density at radius 3 is 2.29 bits per heavy atom. The minimum Gasteiger partial charge on any atom is -0.369 e. The van der Waals surface area contributed by atoms with Gasteiger partial charge in [-0.1, -0.05) is 30.1 Å². The zero-order chi connectivity index (χ0) is 16.0. The molecule has 0 aliphatic rings. The highest BCUT2D eigenvalue weighted by Crippen LogP contribution is 2.29. The first-order chi connectivity index (χ1) is 9.73. The zero-order valence-corrected chi connectivity index (χ0v) is 14.3. The second-order valence-corrected chi connectivity index (χ2v) is 6.54. The van der Waals surface area contributed by atoms with Gasteiger partial charge in [-0.2, -0.15) is 0 Å². The van der Waals surface area contributed by atoms with Gasteiger partial charge in [-0.25, -0.2) is 4.98 Å². The smallest absolute Gasteiger partial charge is 0.239 e. The normalized spacial score (nSPS) is 11.1. The number of hydrogen-bond donors (Lipinski definition) is 3. The molecule has 5 nitrogen and oxygen atoms in total. The predicted molar refractivity (Wildman–Crippen MR) is 89.4 cm³/mol. The summed E-state index contributed by atoms with van der Waals surface area (Å²) < 4.78 is 0. The molecule has 1 amide bonds. The first kappa shape index (κ1) is 17.9. The average Bonchev–Trinajstić information content (AvgIpc) is 2.34. The number of hydrogen-bond acceptors (Lipinski definition) is 4. The van der Waals surface area contributed by atoms with Gasteiger partial charge in [0.15, 0.2) is 0 Å². The molecule has 1 aromatic rings. The highest BCUT2D eigenvalue weighted by Gasteiger charge is 2.15. The van der Waals surface area contributed by atoms with Gasteiger partial charge in [-0.05, 0) is 33.3 Å². The van der Waals surface area contributed by atoms with E-state index in [-0.39, 0.29) is 18.0 Å². The fraction of sp³-hybridized carbons (Fsp3) is 0.571. The van der Waals surface area contributed by atoms with Crippen molar-refractivity contribution < 1.29 is 4.79 Å². The summed E-state index contributed by atoms with van der Waals surface area (Å²) in [6.07, 6.45) is 0.956. The Morgan fingerprint density at radius 2 is 1.76 bits per heavy atom. The molecule has 1 aromatic heterocycles. The highest BCUT2D eigenvalue weighted by molar-refractivity contribution is 6.37. The lowest BCUT2D eigenvalue weighted by atomic mass is 10.1. The Kier molecular flexibility index (Phi) is 6.55. The van der Waals surface area contributed by atoms with Crippen molar-refractivity contribution in [3.63, 3.8) is 0 Å². The Hall–Kier alpha value is -1.20. The molecule has 0 radical (unpaired) electrons. The third kappa shape index (κ3) is 6.40. The molecule has 0 fully saturated rings. The van der Waals surface area contributed by atoms with Crippen LogP contribution in [0.1, 0.15) is 34.1 Å². The molecule has 3 N–H and O–H groups in total. The number of nitrogens with one attached hydrogen (secondary N) is 3. The molecule has 118 valence electrons. The number of carbonyl (C=O) groups excluding carboxylic acids is 1. The summed E-state index contributed by atoms with van der Waals surface area (Å²) >= 11 is 12.2. The molecule has 0 unspecified atom stereocenters. The standard InChI is InChI=1S/C14H22Cl2N4O/c1-5-6-17-12-9(15)7-10(16)13(19-12)18-8-11(21)20-14(2,3)4/h7H,5-6,8H2,1-4H3,(H,20,21)(H2,17,18,19). The lowest BCUT2D eigenvalue weighted by Crippen LogP contribution is -2.43. The number of anilines is 2. The Bertz CT molecular complexity index is 500. The lowest BCUT2D eigenvalue weighted by molar-refractivity contribution is -0.120. The zero-order valence-electron chi connectivity index (χ0n) is 12.8. The number of carbonyl (C=O) groups is 1. The fourth-order valence-corrected chi connectivity index (χ4v) is 2.08. The van der Waals surface area contributed by atoms with Crippen molar-refractivity contribution in [2.24, 2.45) is 0 Å². The first-order valence-electron chi connectivity index (χ1n) is 6.87. The highest BCUT2D eigenvalue weighted by atomic mass is 35.5. The summed E-state index contributed by atoms with van der Waals surface area (Å²) in [7, 11) is 0. The molecule has 0 bridgehead atoms. The van der Waals surface area contributed by atoms with Crippen LogP contribution in [-0.4, -0.2) is 29.5 Å². The van der Waals surface area contributed by atoms with E-state index in [2.05, 4.69) is 20.9 Å². The predicted octanol–water partition coefficient (Wildman–Crippen LogP) is 3.54. The van der Waals surface area contributed by atoms with Crippen molar-refractivity contribution in [1.82, 2.24) is 10.3 Å². The molecule has 0 aromatic carbocycles. The first-order valence-corrected chi connectivity index (χ1v) is 7.63. The van der Waals surface area contributed by atoms with Gasteiger partial charge >= 0.3 is 0 Å². The maximum absolute atomic E-state index is 11.8. The molecule has 7 heteroatoms. The SMILES string of the molecule is CCCNc1nc(NCC(=O)NC(C)(C)C)c(Cl)cc1Cl. The van der Waals surface area contributed by atoms with E-state index in [0.29, 0.717) is 21.7 Å². The molecule has 0 spiro atoms. The van der Waals surface area contributed by atoms with Crippen LogP contribution in [-0.2, 0) is 4.79 Å². The van der Waals surface area contributed by atoms with Crippen LogP contribution in [0.5, 0.6) is 0 Å². The summed E-state index contributed by atoms with van der Waals surface area (Å²) in [5.74, 6) is 0.865. The summed E-state index contributed by atoms with van der Waals surface area (Å²) in [4.78, 5) is 16.1. The van der Waals surface area contributed by atoms with E-state index in [9.17, 15) is 4.79 Å². The van der Waals surface area contributed by atoms with Crippen molar-refractivity contribution in [1.29, 1.82) is 0 Å². The summed E-state index contributed by atoms with van der Waals surface area (Å²) in [6.45, 7) is 8.67. The summed E-state index contributed by atoms with van der Waals surface area (Å²) in [5.41, 5.74) is -0.274. The van der Waals surface area contributed by atoms with E-state index >= 15 is 0 Å². The third-order valence-electron chi connectivity index (χ3n) is 2.40. The van der Waals surface area contributed by atoms with E-state index in [1.807, 2.05) is 27.7 Å². The molecule has 0 saturated heterocycles. The van der Waals surface area contributed by atoms with Crippen molar-refractivity contribution in [2.45, 2.75) is 39.7 Å². The van der Waals surface area contributed by atoms with Gasteiger partial charge in [0, 0.05) is 12.1 Å². The summed E-state index contributed by atoms with van der Waals surface area (Å²) in [6, 6.07) is 1.61. The van der Waals surface area contributed by atoms with Gasteiger partial charge in [0.05, 0.1) is 16.6 Å². The van der Waals surface area contributed by atoms with Crippen LogP contribution < -0.4 is 16.0 Å². The van der Waals surface area contributed by atoms with Gasteiger partial charge in [0.2, 0.25) is 5.91 Å². The van der Waals surface area contributed by atoms with Gasteiger partial charge in [0.25, 0.3) is 0 Å². The average molecular weight is 333 g/mol. The van der Waals surface area contributed by atoms with Crippen LogP contribution in [0.3, 0.4) is 0 Å². The van der Waals surface area contributed by atoms with Gasteiger partial charge in [-0.3, -0.25) is 4.79 Å². The minimum absolute atomic E-state index is 0.0961. The minimum atomic E-state index is -0.274. The molecule has 0 saturated carbocycles. The van der Waals surface area contributed by atoms with Crippen molar-refractivity contribution in [3.05, 3.63) is 16.1 Å². The topological polar surface area (TPSA) is 66.0 Å².